The van der Waals surface area contributed by atoms with E-state index < -0.39 is 0 Å². The van der Waals surface area contributed by atoms with Crippen molar-refractivity contribution in [3.05, 3.63) is 34.9 Å². The Hall–Kier alpha value is 0.863. The van der Waals surface area contributed by atoms with Gasteiger partial charge in [-0.15, -0.1) is 11.6 Å². The first-order valence-electron chi connectivity index (χ1n) is 2.70. The summed E-state index contributed by atoms with van der Waals surface area (Å²) in [5.41, 5.74) is 1.08. The average Bonchev–Trinajstić information content (AvgIpc) is 1.91. The normalized spacial score (nSPS) is 8.10. The van der Waals surface area contributed by atoms with Gasteiger partial charge in [0.15, 0.2) is 0 Å². The van der Waals surface area contributed by atoms with Gasteiger partial charge in [-0.05, 0) is 0 Å². The van der Waals surface area contributed by atoms with Crippen molar-refractivity contribution in [1.82, 2.24) is 0 Å². The van der Waals surface area contributed by atoms with Crippen LogP contribution in [-0.2, 0) is 14.8 Å². The molecule has 0 aromatic heterocycles. The van der Waals surface area contributed by atoms with Crippen LogP contribution in [0.4, 0.5) is 0 Å². The molecule has 1 aromatic carbocycles. The van der Waals surface area contributed by atoms with E-state index in [0.717, 1.165) is 5.56 Å². The van der Waals surface area contributed by atoms with Crippen LogP contribution >= 0.6 is 31.4 Å². The summed E-state index contributed by atoms with van der Waals surface area (Å²) in [5, 5.41) is 0.685. The fourth-order valence-corrected chi connectivity index (χ4v) is 0.770. The van der Waals surface area contributed by atoms with Gasteiger partial charge < -0.3 is 0 Å². The zero-order valence-electron chi connectivity index (χ0n) is 5.70. The second-order valence-electron chi connectivity index (χ2n) is 1.68. The minimum absolute atomic E-state index is 0.685. The second-order valence-corrected chi connectivity index (χ2v) is 2.09. The van der Waals surface area contributed by atoms with E-state index in [1.165, 1.54) is 14.8 Å². The molecule has 0 saturated carbocycles. The Morgan fingerprint density at radius 2 is 2.10 bits per heavy atom. The van der Waals surface area contributed by atoms with Crippen LogP contribution in [0.5, 0.6) is 0 Å². The van der Waals surface area contributed by atoms with E-state index in [9.17, 15) is 0 Å². The molecular weight excluding hydrogens is 312 g/mol. The van der Waals surface area contributed by atoms with Crippen LogP contribution in [0.1, 0.15) is 5.56 Å². The summed E-state index contributed by atoms with van der Waals surface area (Å²) in [4.78, 5) is 0. The first-order valence-corrected chi connectivity index (χ1v) is 12.1. The van der Waals surface area contributed by atoms with Gasteiger partial charge in [-0.2, -0.15) is 29.8 Å². The van der Waals surface area contributed by atoms with Gasteiger partial charge in [-0.25, -0.2) is 0 Å². The fourth-order valence-electron chi connectivity index (χ4n) is 0.549. The minimum atomic E-state index is 0.685. The Labute approximate surface area is 87.2 Å². The molecule has 50 valence electrons. The van der Waals surface area contributed by atoms with Crippen molar-refractivity contribution < 1.29 is 14.8 Å². The van der Waals surface area contributed by atoms with Crippen molar-refractivity contribution in [2.24, 2.45) is 0 Å². The van der Waals surface area contributed by atoms with E-state index in [1.54, 1.807) is 0 Å². The molecule has 1 rings (SSSR count). The van der Waals surface area contributed by atoms with E-state index in [4.69, 9.17) is 11.6 Å². The predicted molar refractivity (Wildman–Crippen MR) is 49.0 cm³/mol. The third-order valence-corrected chi connectivity index (χ3v) is 1.13. The Bertz CT molecular complexity index is 173. The molecule has 0 unspecified atom stereocenters. The van der Waals surface area contributed by atoms with Gasteiger partial charge in [-0.1, -0.05) is 11.9 Å². The molecule has 10 heavy (non-hydrogen) atoms. The maximum absolute atomic E-state index is 5.59. The summed E-state index contributed by atoms with van der Waals surface area (Å²) in [6.45, 7) is 1.96. The van der Waals surface area contributed by atoms with Crippen molar-refractivity contribution >= 4 is 31.4 Å². The van der Waals surface area contributed by atoms with E-state index >= 15 is 0 Å². The molecule has 3 heteroatoms. The molecule has 1 aromatic rings. The summed E-state index contributed by atoms with van der Waals surface area (Å²) >= 11 is 9.21. The van der Waals surface area contributed by atoms with Gasteiger partial charge in [0.05, 0.1) is 0 Å². The Morgan fingerprint density at radius 3 is 2.40 bits per heavy atom. The third kappa shape index (κ3) is 4.64. The van der Waals surface area contributed by atoms with Crippen LogP contribution in [0.3, 0.4) is 0 Å². The van der Waals surface area contributed by atoms with Crippen molar-refractivity contribution in [2.45, 2.75) is 6.92 Å². The van der Waals surface area contributed by atoms with E-state index in [-0.39, 0.29) is 0 Å². The molecular formula is C7H6ClIZn. The number of aryl methyl sites for hydroxylation is 1. The van der Waals surface area contributed by atoms with Gasteiger partial charge in [0.2, 0.25) is 0 Å². The van der Waals surface area contributed by atoms with Crippen molar-refractivity contribution in [1.29, 1.82) is 0 Å². The van der Waals surface area contributed by atoms with Gasteiger partial charge in [0.25, 0.3) is 0 Å². The van der Waals surface area contributed by atoms with Crippen molar-refractivity contribution in [3.8, 4) is 0 Å². The molecule has 0 atom stereocenters. The molecule has 0 N–H and O–H groups in total. The molecule has 0 aliphatic carbocycles. The topological polar surface area (TPSA) is 0 Å². The molecule has 0 bridgehead atoms. The van der Waals surface area contributed by atoms with Crippen LogP contribution in [0.25, 0.3) is 0 Å². The first-order chi connectivity index (χ1) is 4.79. The SMILES string of the molecule is Cc1[c-]c(Cl)ccc1.[Zn+][I]. The summed E-state index contributed by atoms with van der Waals surface area (Å²) in [6.07, 6.45) is 0. The zero-order chi connectivity index (χ0) is 7.98. The van der Waals surface area contributed by atoms with Crippen LogP contribution in [0.2, 0.25) is 5.02 Å². The zero-order valence-corrected chi connectivity index (χ0v) is 11.6. The fraction of sp³-hybridized carbons (Fsp3) is 0.143. The standard InChI is InChI=1S/C7H6Cl.HI.Zn/c1-6-3-2-4-7(8)5-6;;/h2-4H,1H3;1H;/q-1;;+2/p-1. The van der Waals surface area contributed by atoms with Crippen LogP contribution < -0.4 is 0 Å². The van der Waals surface area contributed by atoms with Crippen molar-refractivity contribution in [2.75, 3.05) is 0 Å². The summed E-state index contributed by atoms with van der Waals surface area (Å²) in [7, 11) is 0. The van der Waals surface area contributed by atoms with E-state index in [1.807, 2.05) is 25.1 Å². The first kappa shape index (κ1) is 10.9. The number of rotatable bonds is 0. The summed E-state index contributed by atoms with van der Waals surface area (Å²) < 4.78 is 0. The monoisotopic (exact) mass is 316 g/mol. The molecule has 0 spiro atoms. The Kier molecular flexibility index (Phi) is 7.13. The molecule has 0 aliphatic heterocycles. The number of hydrogen-bond donors (Lipinski definition) is 0. The third-order valence-electron chi connectivity index (χ3n) is 0.905. The van der Waals surface area contributed by atoms with Crippen molar-refractivity contribution in [3.63, 3.8) is 0 Å². The van der Waals surface area contributed by atoms with Crippen LogP contribution in [-0.4, -0.2) is 0 Å². The number of halogens is 2. The van der Waals surface area contributed by atoms with Crippen LogP contribution in [0, 0.1) is 13.0 Å². The van der Waals surface area contributed by atoms with Gasteiger partial charge in [0.1, 0.15) is 0 Å². The Morgan fingerprint density at radius 1 is 1.50 bits per heavy atom. The molecule has 0 fully saturated rings. The van der Waals surface area contributed by atoms with Gasteiger partial charge in [-0.3, -0.25) is 0 Å². The molecule has 0 radical (unpaired) electrons. The molecule has 0 saturated heterocycles. The van der Waals surface area contributed by atoms with Crippen LogP contribution in [0.15, 0.2) is 18.2 Å². The Balaban J connectivity index is 0.000000371. The summed E-state index contributed by atoms with van der Waals surface area (Å²) in [6, 6.07) is 8.62. The molecule has 0 aliphatic rings. The molecule has 0 nitrogen and oxygen atoms in total. The maximum atomic E-state index is 5.59. The average molecular weight is 318 g/mol. The predicted octanol–water partition coefficient (Wildman–Crippen LogP) is 3.33. The molecule has 0 amide bonds. The summed E-state index contributed by atoms with van der Waals surface area (Å²) in [5.74, 6) is 0. The van der Waals surface area contributed by atoms with E-state index in [2.05, 4.69) is 25.8 Å². The quantitative estimate of drug-likeness (QED) is 0.391. The van der Waals surface area contributed by atoms with E-state index in [0.29, 0.717) is 5.02 Å². The number of hydrogen-bond acceptors (Lipinski definition) is 0. The van der Waals surface area contributed by atoms with Gasteiger partial charge in [0, 0.05) is 0 Å². The number of benzene rings is 1. The molecule has 0 heterocycles. The second kappa shape index (κ2) is 6.57. The van der Waals surface area contributed by atoms with Gasteiger partial charge >= 0.3 is 34.5 Å².